The molecule has 3 nitrogen and oxygen atoms in total. The molecule has 2 aromatic rings. The van der Waals surface area contributed by atoms with Crippen molar-refractivity contribution in [2.75, 3.05) is 7.05 Å². The van der Waals surface area contributed by atoms with Crippen LogP contribution in [0.2, 0.25) is 0 Å². The smallest absolute Gasteiger partial charge is 0.106 e. The lowest BCUT2D eigenvalue weighted by atomic mass is 9.86. The molecular weight excluding hydrogens is 248 g/mol. The summed E-state index contributed by atoms with van der Waals surface area (Å²) in [6.45, 7) is 4.31. The van der Waals surface area contributed by atoms with Crippen molar-refractivity contribution in [3.63, 3.8) is 0 Å². The van der Waals surface area contributed by atoms with Crippen LogP contribution < -0.4 is 0 Å². The van der Waals surface area contributed by atoms with Crippen LogP contribution in [0.5, 0.6) is 0 Å². The Labute approximate surface area is 120 Å². The highest BCUT2D eigenvalue weighted by molar-refractivity contribution is 5.27. The Bertz CT molecular complexity index is 582. The molecule has 1 aromatic heterocycles. The monoisotopic (exact) mass is 268 g/mol. The fourth-order valence-electron chi connectivity index (χ4n) is 2.77. The summed E-state index contributed by atoms with van der Waals surface area (Å²) in [5.41, 5.74) is 3.56. The highest BCUT2D eigenvalue weighted by Crippen LogP contribution is 2.44. The van der Waals surface area contributed by atoms with E-state index in [0.29, 0.717) is 0 Å². The molecule has 3 heteroatoms. The number of hydrogen-bond acceptors (Lipinski definition) is 3. The van der Waals surface area contributed by atoms with Gasteiger partial charge in [-0.2, -0.15) is 5.06 Å². The van der Waals surface area contributed by atoms with Gasteiger partial charge in [-0.3, -0.25) is 9.82 Å². The second-order valence-corrected chi connectivity index (χ2v) is 5.72. The minimum Gasteiger partial charge on any atom is -0.290 e. The SMILES string of the molecule is Cc1ccc([C@@H]2C[C@](C)(c3cccnc3)N(C)O2)cc1. The Morgan fingerprint density at radius 3 is 2.65 bits per heavy atom. The molecule has 2 heterocycles. The molecule has 0 N–H and O–H groups in total. The summed E-state index contributed by atoms with van der Waals surface area (Å²) in [5.74, 6) is 0. The predicted octanol–water partition coefficient (Wildman–Crippen LogP) is 3.61. The average Bonchev–Trinajstić information content (AvgIpc) is 2.78. The third-order valence-electron chi connectivity index (χ3n) is 4.30. The second kappa shape index (κ2) is 5.00. The van der Waals surface area contributed by atoms with E-state index in [1.807, 2.05) is 24.4 Å². The first-order valence-corrected chi connectivity index (χ1v) is 6.97. The first-order chi connectivity index (χ1) is 9.59. The van der Waals surface area contributed by atoms with E-state index in [9.17, 15) is 0 Å². The normalized spacial score (nSPS) is 26.9. The van der Waals surface area contributed by atoms with Gasteiger partial charge in [0.1, 0.15) is 6.10 Å². The third-order valence-corrected chi connectivity index (χ3v) is 4.30. The fraction of sp³-hybridized carbons (Fsp3) is 0.353. The van der Waals surface area contributed by atoms with Gasteiger partial charge in [0.2, 0.25) is 0 Å². The number of rotatable bonds is 2. The zero-order valence-corrected chi connectivity index (χ0v) is 12.2. The van der Waals surface area contributed by atoms with Crippen LogP contribution in [0.15, 0.2) is 48.8 Å². The van der Waals surface area contributed by atoms with Crippen molar-refractivity contribution in [1.82, 2.24) is 10.0 Å². The van der Waals surface area contributed by atoms with Gasteiger partial charge in [-0.25, -0.2) is 0 Å². The molecule has 20 heavy (non-hydrogen) atoms. The Kier molecular flexibility index (Phi) is 3.32. The molecule has 0 unspecified atom stereocenters. The van der Waals surface area contributed by atoms with Crippen LogP contribution in [0.1, 0.15) is 36.1 Å². The molecule has 0 spiro atoms. The average molecular weight is 268 g/mol. The lowest BCUT2D eigenvalue weighted by molar-refractivity contribution is -0.169. The van der Waals surface area contributed by atoms with Crippen LogP contribution in [-0.4, -0.2) is 17.1 Å². The van der Waals surface area contributed by atoms with E-state index in [-0.39, 0.29) is 11.6 Å². The minimum absolute atomic E-state index is 0.103. The molecule has 1 aliphatic rings. The van der Waals surface area contributed by atoms with E-state index in [1.165, 1.54) is 16.7 Å². The van der Waals surface area contributed by atoms with E-state index in [2.05, 4.69) is 49.2 Å². The van der Waals surface area contributed by atoms with Crippen LogP contribution in [0.4, 0.5) is 0 Å². The van der Waals surface area contributed by atoms with Crippen molar-refractivity contribution in [2.24, 2.45) is 0 Å². The zero-order chi connectivity index (χ0) is 14.2. The van der Waals surface area contributed by atoms with Gasteiger partial charge >= 0.3 is 0 Å². The first-order valence-electron chi connectivity index (χ1n) is 6.97. The van der Waals surface area contributed by atoms with Gasteiger partial charge in [-0.1, -0.05) is 35.9 Å². The molecule has 2 atom stereocenters. The standard InChI is InChI=1S/C17H20N2O/c1-13-6-8-14(9-7-13)16-11-17(2,19(3)20-16)15-5-4-10-18-12-15/h4-10,12,16H,11H2,1-3H3/t16-,17+/m0/s1. The van der Waals surface area contributed by atoms with Crippen molar-refractivity contribution in [3.8, 4) is 0 Å². The van der Waals surface area contributed by atoms with Crippen molar-refractivity contribution in [2.45, 2.75) is 31.9 Å². The van der Waals surface area contributed by atoms with E-state index in [0.717, 1.165) is 6.42 Å². The number of aromatic nitrogens is 1. The Morgan fingerprint density at radius 2 is 2.00 bits per heavy atom. The van der Waals surface area contributed by atoms with Gasteiger partial charge < -0.3 is 0 Å². The maximum Gasteiger partial charge on any atom is 0.106 e. The number of hydrogen-bond donors (Lipinski definition) is 0. The maximum absolute atomic E-state index is 6.06. The lowest BCUT2D eigenvalue weighted by Gasteiger charge is -2.29. The zero-order valence-electron chi connectivity index (χ0n) is 12.2. The summed E-state index contributed by atoms with van der Waals surface area (Å²) in [6.07, 6.45) is 4.77. The number of aryl methyl sites for hydroxylation is 1. The van der Waals surface area contributed by atoms with Crippen LogP contribution in [-0.2, 0) is 10.4 Å². The summed E-state index contributed by atoms with van der Waals surface area (Å²) < 4.78 is 0. The highest BCUT2D eigenvalue weighted by Gasteiger charge is 2.43. The Hall–Kier alpha value is -1.71. The van der Waals surface area contributed by atoms with Gasteiger partial charge in [-0.05, 0) is 31.0 Å². The van der Waals surface area contributed by atoms with Crippen molar-refractivity contribution in [1.29, 1.82) is 0 Å². The highest BCUT2D eigenvalue weighted by atomic mass is 16.7. The Morgan fingerprint density at radius 1 is 1.25 bits per heavy atom. The van der Waals surface area contributed by atoms with E-state index >= 15 is 0 Å². The molecule has 0 amide bonds. The molecule has 104 valence electrons. The molecule has 0 radical (unpaired) electrons. The summed E-state index contributed by atoms with van der Waals surface area (Å²) in [5, 5.41) is 1.97. The summed E-state index contributed by atoms with van der Waals surface area (Å²) in [6, 6.07) is 12.7. The molecule has 0 bridgehead atoms. The predicted molar refractivity (Wildman–Crippen MR) is 79.0 cm³/mol. The molecule has 1 aliphatic heterocycles. The van der Waals surface area contributed by atoms with E-state index < -0.39 is 0 Å². The largest absolute Gasteiger partial charge is 0.290 e. The minimum atomic E-state index is -0.135. The van der Waals surface area contributed by atoms with Gasteiger partial charge in [-0.15, -0.1) is 0 Å². The Balaban J connectivity index is 1.88. The van der Waals surface area contributed by atoms with Crippen LogP contribution >= 0.6 is 0 Å². The van der Waals surface area contributed by atoms with Crippen molar-refractivity contribution < 1.29 is 4.84 Å². The molecule has 1 aromatic carbocycles. The van der Waals surface area contributed by atoms with Crippen LogP contribution in [0.3, 0.4) is 0 Å². The van der Waals surface area contributed by atoms with Crippen molar-refractivity contribution in [3.05, 3.63) is 65.5 Å². The third kappa shape index (κ3) is 2.23. The molecule has 3 rings (SSSR count). The molecule has 0 saturated carbocycles. The molecular formula is C17H20N2O. The van der Waals surface area contributed by atoms with Gasteiger partial charge in [0.15, 0.2) is 0 Å². The lowest BCUT2D eigenvalue weighted by Crippen LogP contribution is -2.34. The summed E-state index contributed by atoms with van der Waals surface area (Å²) >= 11 is 0. The van der Waals surface area contributed by atoms with Gasteiger partial charge in [0.25, 0.3) is 0 Å². The summed E-state index contributed by atoms with van der Waals surface area (Å²) in [7, 11) is 2.00. The van der Waals surface area contributed by atoms with Crippen LogP contribution in [0.25, 0.3) is 0 Å². The maximum atomic E-state index is 6.06. The number of pyridine rings is 1. The van der Waals surface area contributed by atoms with Crippen molar-refractivity contribution >= 4 is 0 Å². The van der Waals surface area contributed by atoms with Crippen LogP contribution in [0, 0.1) is 6.92 Å². The number of hydroxylamine groups is 2. The quantitative estimate of drug-likeness (QED) is 0.832. The summed E-state index contributed by atoms with van der Waals surface area (Å²) in [4.78, 5) is 10.3. The first kappa shape index (κ1) is 13.3. The van der Waals surface area contributed by atoms with E-state index in [1.54, 1.807) is 6.20 Å². The van der Waals surface area contributed by atoms with Gasteiger partial charge in [0.05, 0.1) is 5.54 Å². The van der Waals surface area contributed by atoms with Gasteiger partial charge in [0, 0.05) is 25.9 Å². The molecule has 1 fully saturated rings. The fourth-order valence-corrected chi connectivity index (χ4v) is 2.77. The molecule has 0 aliphatic carbocycles. The number of benzene rings is 1. The molecule has 1 saturated heterocycles. The number of nitrogens with zero attached hydrogens (tertiary/aromatic N) is 2. The second-order valence-electron chi connectivity index (χ2n) is 5.72. The topological polar surface area (TPSA) is 25.4 Å². The van der Waals surface area contributed by atoms with E-state index in [4.69, 9.17) is 4.84 Å².